The number of hydrogen-bond donors (Lipinski definition) is 0. The summed E-state index contributed by atoms with van der Waals surface area (Å²) in [4.78, 5) is 9.56. The molecule has 0 spiro atoms. The Morgan fingerprint density at radius 1 is 0.471 bits per heavy atom. The SMILES string of the molecule is CC(C)(C)c1cccc(N2[CH-]N(c3[c-]c(Oc4[c-]c5c(cc4)c4cc(C(C)(C)c6ccccc6)ccc4n5-c4cc(C(C)(C)c5ccccc5)ccn4)ccc3)c3cc(C(C)(C)C)ccc32)c1.[Pt]. The average Bonchev–Trinajstić information content (AvgIpc) is 3.87. The molecule has 0 bridgehead atoms. The van der Waals surface area contributed by atoms with Gasteiger partial charge in [-0.15, -0.1) is 48.1 Å². The van der Waals surface area contributed by atoms with Crippen LogP contribution in [0.3, 0.4) is 0 Å². The van der Waals surface area contributed by atoms with Crippen molar-refractivity contribution in [3.8, 4) is 17.3 Å². The monoisotopic (exact) mass is 1070 g/mol. The second-order valence-electron chi connectivity index (χ2n) is 21.1. The summed E-state index contributed by atoms with van der Waals surface area (Å²) in [5, 5.41) is 2.21. The van der Waals surface area contributed by atoms with Crippen molar-refractivity contribution in [1.82, 2.24) is 9.55 Å². The number of rotatable bonds is 9. The van der Waals surface area contributed by atoms with Crippen LogP contribution in [0.25, 0.3) is 27.6 Å². The second-order valence-corrected chi connectivity index (χ2v) is 21.1. The second kappa shape index (κ2) is 17.6. The third kappa shape index (κ3) is 8.56. The predicted molar refractivity (Wildman–Crippen MR) is 279 cm³/mol. The van der Waals surface area contributed by atoms with Gasteiger partial charge in [0.05, 0.1) is 0 Å². The fourth-order valence-electron chi connectivity index (χ4n) is 9.48. The molecule has 0 saturated heterocycles. The molecule has 0 unspecified atom stereocenters. The van der Waals surface area contributed by atoms with Crippen molar-refractivity contribution >= 4 is 44.6 Å². The van der Waals surface area contributed by atoms with E-state index in [-0.39, 0.29) is 42.7 Å². The zero-order valence-corrected chi connectivity index (χ0v) is 43.0. The van der Waals surface area contributed by atoms with Crippen LogP contribution in [-0.2, 0) is 42.7 Å². The van der Waals surface area contributed by atoms with Gasteiger partial charge < -0.3 is 19.1 Å². The Morgan fingerprint density at radius 3 is 1.75 bits per heavy atom. The van der Waals surface area contributed by atoms with Crippen molar-refractivity contribution in [2.45, 2.75) is 90.9 Å². The summed E-state index contributed by atoms with van der Waals surface area (Å²) in [5.74, 6) is 2.02. The molecular weight excluding hydrogens is 1010 g/mol. The number of benzene rings is 7. The van der Waals surface area contributed by atoms with E-state index in [1.54, 1.807) is 0 Å². The van der Waals surface area contributed by atoms with Crippen molar-refractivity contribution in [3.05, 3.63) is 222 Å². The molecule has 1 aliphatic heterocycles. The fourth-order valence-corrected chi connectivity index (χ4v) is 9.48. The Bertz CT molecular complexity index is 3280. The third-order valence-electron chi connectivity index (χ3n) is 13.9. The summed E-state index contributed by atoms with van der Waals surface area (Å²) in [5.41, 5.74) is 13.2. The number of hydrogen-bond acceptors (Lipinski definition) is 4. The largest absolute Gasteiger partial charge is 0.509 e. The van der Waals surface area contributed by atoms with Crippen molar-refractivity contribution in [3.63, 3.8) is 0 Å². The molecule has 10 rings (SSSR count). The Labute approximate surface area is 417 Å². The average molecular weight is 1070 g/mol. The Morgan fingerprint density at radius 2 is 1.07 bits per heavy atom. The standard InChI is InChI=1S/C62H59N4O.Pt/c1-59(2,3)44-23-17-24-48(35-44)64-41-65(57-37-45(60(4,5)6)27-32-55(57)64)49-25-18-26-50(39-49)67-51-29-30-52-53-36-46(61(7,8)42-19-13-11-14-20-42)28-31-54(53)66(56(52)40-51)58-38-47(33-34-63-58)62(9,10)43-21-15-12-16-22-43;/h11-38,41H,1-10H3;/q-3;. The first-order chi connectivity index (χ1) is 32.0. The summed E-state index contributed by atoms with van der Waals surface area (Å²) in [6.07, 6.45) is 1.93. The fraction of sp³-hybridized carbons (Fsp3) is 0.226. The zero-order chi connectivity index (χ0) is 46.9. The molecule has 5 nitrogen and oxygen atoms in total. The molecule has 1 aliphatic rings. The van der Waals surface area contributed by atoms with Gasteiger partial charge in [-0.1, -0.05) is 166 Å². The van der Waals surface area contributed by atoms with Gasteiger partial charge >= 0.3 is 0 Å². The molecule has 68 heavy (non-hydrogen) atoms. The summed E-state index contributed by atoms with van der Waals surface area (Å²) in [7, 11) is 0. The molecule has 2 aromatic heterocycles. The minimum absolute atomic E-state index is 0. The summed E-state index contributed by atoms with van der Waals surface area (Å²) < 4.78 is 9.02. The molecule has 0 saturated carbocycles. The van der Waals surface area contributed by atoms with Gasteiger partial charge in [-0.3, -0.25) is 0 Å². The van der Waals surface area contributed by atoms with Crippen molar-refractivity contribution in [1.29, 1.82) is 0 Å². The van der Waals surface area contributed by atoms with Gasteiger partial charge in [-0.05, 0) is 92.1 Å². The van der Waals surface area contributed by atoms with E-state index in [0.717, 1.165) is 50.4 Å². The third-order valence-corrected chi connectivity index (χ3v) is 13.9. The van der Waals surface area contributed by atoms with Crippen LogP contribution < -0.4 is 14.5 Å². The number of anilines is 4. The molecule has 0 fully saturated rings. The van der Waals surface area contributed by atoms with E-state index in [2.05, 4.69) is 248 Å². The maximum absolute atomic E-state index is 6.78. The molecule has 3 heterocycles. The van der Waals surface area contributed by atoms with E-state index in [1.807, 2.05) is 24.4 Å². The number of aromatic nitrogens is 2. The summed E-state index contributed by atoms with van der Waals surface area (Å²) in [6, 6.07) is 66.0. The minimum atomic E-state index is -0.251. The van der Waals surface area contributed by atoms with E-state index in [0.29, 0.717) is 11.5 Å². The molecule has 0 radical (unpaired) electrons. The summed E-state index contributed by atoms with van der Waals surface area (Å²) >= 11 is 0. The van der Waals surface area contributed by atoms with E-state index in [9.17, 15) is 0 Å². The normalized spacial score (nSPS) is 13.2. The van der Waals surface area contributed by atoms with Gasteiger partial charge in [0.15, 0.2) is 0 Å². The first-order valence-corrected chi connectivity index (χ1v) is 23.4. The number of ether oxygens (including phenoxy) is 1. The number of fused-ring (bicyclic) bond motifs is 4. The zero-order valence-electron chi connectivity index (χ0n) is 40.8. The van der Waals surface area contributed by atoms with E-state index in [4.69, 9.17) is 9.72 Å². The Kier molecular flexibility index (Phi) is 12.1. The Hall–Kier alpha value is -6.42. The van der Waals surface area contributed by atoms with Crippen LogP contribution in [0.15, 0.2) is 170 Å². The number of nitrogens with zero attached hydrogens (tertiary/aromatic N) is 4. The van der Waals surface area contributed by atoms with Crippen LogP contribution in [0.4, 0.5) is 22.7 Å². The van der Waals surface area contributed by atoms with Crippen LogP contribution in [0.5, 0.6) is 11.5 Å². The first kappa shape index (κ1) is 46.7. The molecular formula is C62H59N4OPt-3. The maximum Gasteiger partial charge on any atom is 0.135 e. The molecule has 0 aliphatic carbocycles. The first-order valence-electron chi connectivity index (χ1n) is 23.4. The van der Waals surface area contributed by atoms with Crippen LogP contribution in [0, 0.1) is 18.8 Å². The molecule has 0 amide bonds. The van der Waals surface area contributed by atoms with Crippen LogP contribution in [0.2, 0.25) is 0 Å². The summed E-state index contributed by atoms with van der Waals surface area (Å²) in [6.45, 7) is 24.9. The van der Waals surface area contributed by atoms with Crippen molar-refractivity contribution in [2.24, 2.45) is 0 Å². The molecule has 0 N–H and O–H groups in total. The Balaban J connectivity index is 0.00000578. The van der Waals surface area contributed by atoms with Crippen LogP contribution in [0.1, 0.15) is 103 Å². The van der Waals surface area contributed by atoms with Gasteiger partial charge in [-0.25, -0.2) is 4.98 Å². The van der Waals surface area contributed by atoms with Crippen molar-refractivity contribution < 1.29 is 25.8 Å². The molecule has 346 valence electrons. The van der Waals surface area contributed by atoms with Crippen LogP contribution >= 0.6 is 0 Å². The molecule has 7 aromatic carbocycles. The van der Waals surface area contributed by atoms with Crippen molar-refractivity contribution in [2.75, 3.05) is 9.80 Å². The van der Waals surface area contributed by atoms with Gasteiger partial charge in [0.1, 0.15) is 5.82 Å². The van der Waals surface area contributed by atoms with E-state index in [1.165, 1.54) is 33.4 Å². The number of pyridine rings is 1. The van der Waals surface area contributed by atoms with E-state index < -0.39 is 0 Å². The van der Waals surface area contributed by atoms with Gasteiger partial charge in [0, 0.05) is 72.2 Å². The maximum atomic E-state index is 6.78. The van der Waals surface area contributed by atoms with Gasteiger partial charge in [0.25, 0.3) is 0 Å². The van der Waals surface area contributed by atoms with Gasteiger partial charge in [0.2, 0.25) is 0 Å². The quantitative estimate of drug-likeness (QED) is 0.135. The van der Waals surface area contributed by atoms with E-state index >= 15 is 0 Å². The predicted octanol–water partition coefficient (Wildman–Crippen LogP) is 16.2. The van der Waals surface area contributed by atoms with Gasteiger partial charge in [-0.2, -0.15) is 12.1 Å². The molecule has 6 heteroatoms. The smallest absolute Gasteiger partial charge is 0.135 e. The van der Waals surface area contributed by atoms with Crippen LogP contribution in [-0.4, -0.2) is 9.55 Å². The minimum Gasteiger partial charge on any atom is -0.509 e. The molecule has 9 aromatic rings. The molecule has 0 atom stereocenters. The topological polar surface area (TPSA) is 33.5 Å².